The van der Waals surface area contributed by atoms with Gasteiger partial charge >= 0.3 is 5.97 Å². The Kier molecular flexibility index (Phi) is 7.68. The molecule has 1 aromatic rings. The zero-order chi connectivity index (χ0) is 30.7. The molecule has 0 heterocycles. The van der Waals surface area contributed by atoms with Gasteiger partial charge in [0.1, 0.15) is 0 Å². The number of ketones is 1. The third-order valence-corrected chi connectivity index (χ3v) is 13.1. The molecule has 228 valence electrons. The van der Waals surface area contributed by atoms with Crippen LogP contribution in [0.15, 0.2) is 54.1 Å². The molecule has 42 heavy (non-hydrogen) atoms. The first-order valence-electron chi connectivity index (χ1n) is 16.0. The Morgan fingerprint density at radius 3 is 2.31 bits per heavy atom. The van der Waals surface area contributed by atoms with E-state index in [1.807, 2.05) is 36.4 Å². The lowest BCUT2D eigenvalue weighted by Gasteiger charge is -2.68. The van der Waals surface area contributed by atoms with E-state index >= 15 is 0 Å². The highest BCUT2D eigenvalue weighted by Gasteiger charge is 2.68. The summed E-state index contributed by atoms with van der Waals surface area (Å²) >= 11 is 0. The van der Waals surface area contributed by atoms with Gasteiger partial charge < -0.3 is 10.1 Å². The van der Waals surface area contributed by atoms with E-state index in [-0.39, 0.29) is 57.1 Å². The largest absolute Gasteiger partial charge is 0.469 e. The molecule has 1 N–H and O–H groups in total. The number of amides is 1. The van der Waals surface area contributed by atoms with Crippen LogP contribution in [-0.2, 0) is 19.1 Å². The van der Waals surface area contributed by atoms with Crippen molar-refractivity contribution in [3.8, 4) is 0 Å². The summed E-state index contributed by atoms with van der Waals surface area (Å²) in [6.07, 6.45) is 9.59. The van der Waals surface area contributed by atoms with E-state index in [2.05, 4.69) is 53.4 Å². The number of anilines is 1. The molecule has 2 unspecified atom stereocenters. The smallest absolute Gasteiger partial charge is 0.305 e. The SMILES string of the molecule is C=C(C)C1CC[C@]2(C)C(C(=O)C=C3[C@@H]4C[C@@](C)(C(=O)Nc5ccccc5)CC[C@]4(C)CC[C@]32C)[C@@]1(C)CCC(=O)OC. The molecule has 8 atom stereocenters. The van der Waals surface area contributed by atoms with Crippen LogP contribution in [0.4, 0.5) is 5.69 Å². The summed E-state index contributed by atoms with van der Waals surface area (Å²) < 4.78 is 5.03. The fraction of sp³-hybridized carbons (Fsp3) is 0.649. The van der Waals surface area contributed by atoms with Crippen LogP contribution in [0.25, 0.3) is 0 Å². The molecule has 4 aliphatic carbocycles. The molecular formula is C37H51NO4. The van der Waals surface area contributed by atoms with Crippen molar-refractivity contribution in [1.29, 1.82) is 0 Å². The molecule has 0 aliphatic heterocycles. The number of carbonyl (C=O) groups excluding carboxylic acids is 3. The second-order valence-corrected chi connectivity index (χ2v) is 15.5. The summed E-state index contributed by atoms with van der Waals surface area (Å²) in [6, 6.07) is 9.72. The number of methoxy groups -OCH3 is 1. The normalized spacial score (nSPS) is 41.0. The number of rotatable bonds is 6. The molecule has 0 bridgehead atoms. The van der Waals surface area contributed by atoms with Gasteiger partial charge in [0.25, 0.3) is 0 Å². The van der Waals surface area contributed by atoms with Crippen LogP contribution in [0.2, 0.25) is 0 Å². The fourth-order valence-electron chi connectivity index (χ4n) is 10.2. The molecule has 4 aliphatic rings. The zero-order valence-electron chi connectivity index (χ0n) is 26.9. The second-order valence-electron chi connectivity index (χ2n) is 15.5. The monoisotopic (exact) mass is 573 g/mol. The molecular weight excluding hydrogens is 522 g/mol. The number of hydrogen-bond acceptors (Lipinski definition) is 4. The summed E-state index contributed by atoms with van der Waals surface area (Å²) in [4.78, 5) is 40.6. The number of fused-ring (bicyclic) bond motifs is 5. The maximum absolute atomic E-state index is 14.5. The minimum atomic E-state index is -0.507. The van der Waals surface area contributed by atoms with Gasteiger partial charge in [0.2, 0.25) is 5.91 Å². The van der Waals surface area contributed by atoms with E-state index in [1.165, 1.54) is 12.7 Å². The van der Waals surface area contributed by atoms with Crippen molar-refractivity contribution in [1.82, 2.24) is 0 Å². The number of hydrogen-bond donors (Lipinski definition) is 1. The molecule has 0 aromatic heterocycles. The molecule has 5 nitrogen and oxygen atoms in total. The quantitative estimate of drug-likeness (QED) is 0.274. The van der Waals surface area contributed by atoms with Gasteiger partial charge in [0.15, 0.2) is 5.78 Å². The first kappa shape index (κ1) is 30.8. The Morgan fingerprint density at radius 2 is 1.67 bits per heavy atom. The molecule has 5 rings (SSSR count). The molecule has 1 aromatic carbocycles. The number of esters is 1. The Hall–Kier alpha value is -2.69. The standard InChI is InChI=1S/C37H51NO4/c1-24(2)26-14-17-37(7)31(35(26,5)16-15-30(40)42-8)29(39)22-27-28-23-34(4,32(41)38-25-12-10-9-11-13-25)19-18-33(28,3)20-21-36(27,37)6/h9-13,22,26,28,31H,1,14-21,23H2,2-8H3,(H,38,41)/t26?,28-,31?,33+,34-,35-,36+,37+/m0/s1. The number of ether oxygens (including phenoxy) is 1. The first-order valence-corrected chi connectivity index (χ1v) is 16.0. The van der Waals surface area contributed by atoms with Crippen LogP contribution in [0, 0.1) is 44.8 Å². The third kappa shape index (κ3) is 4.61. The fourth-order valence-corrected chi connectivity index (χ4v) is 10.2. The summed E-state index contributed by atoms with van der Waals surface area (Å²) in [6.45, 7) is 17.9. The van der Waals surface area contributed by atoms with E-state index in [1.54, 1.807) is 0 Å². The molecule has 3 fully saturated rings. The minimum Gasteiger partial charge on any atom is -0.469 e. The highest BCUT2D eigenvalue weighted by atomic mass is 16.5. The Morgan fingerprint density at radius 1 is 1.00 bits per heavy atom. The maximum atomic E-state index is 14.5. The van der Waals surface area contributed by atoms with Crippen molar-refractivity contribution in [3.63, 3.8) is 0 Å². The number of para-hydroxylation sites is 1. The van der Waals surface area contributed by atoms with Gasteiger partial charge in [-0.3, -0.25) is 14.4 Å². The third-order valence-electron chi connectivity index (χ3n) is 13.1. The van der Waals surface area contributed by atoms with Crippen LogP contribution in [-0.4, -0.2) is 24.8 Å². The molecule has 0 radical (unpaired) electrons. The van der Waals surface area contributed by atoms with Crippen molar-refractivity contribution in [3.05, 3.63) is 54.1 Å². The highest BCUT2D eigenvalue weighted by molar-refractivity contribution is 5.97. The van der Waals surface area contributed by atoms with Crippen LogP contribution in [0.5, 0.6) is 0 Å². The second kappa shape index (κ2) is 10.5. The number of carbonyl (C=O) groups is 3. The van der Waals surface area contributed by atoms with E-state index in [0.29, 0.717) is 12.8 Å². The topological polar surface area (TPSA) is 72.5 Å². The lowest BCUT2D eigenvalue weighted by molar-refractivity contribution is -0.165. The predicted molar refractivity (Wildman–Crippen MR) is 168 cm³/mol. The molecule has 0 spiro atoms. The van der Waals surface area contributed by atoms with Gasteiger partial charge in [-0.25, -0.2) is 0 Å². The van der Waals surface area contributed by atoms with Crippen molar-refractivity contribution in [2.75, 3.05) is 12.4 Å². The lowest BCUT2D eigenvalue weighted by atomic mass is 9.35. The van der Waals surface area contributed by atoms with Crippen molar-refractivity contribution < 1.29 is 19.1 Å². The van der Waals surface area contributed by atoms with E-state index < -0.39 is 5.41 Å². The summed E-state index contributed by atoms with van der Waals surface area (Å²) in [7, 11) is 1.44. The van der Waals surface area contributed by atoms with E-state index in [0.717, 1.165) is 56.2 Å². The molecule has 0 saturated heterocycles. The summed E-state index contributed by atoms with van der Waals surface area (Å²) in [5.74, 6) is 0.216. The highest BCUT2D eigenvalue weighted by Crippen LogP contribution is 2.73. The van der Waals surface area contributed by atoms with E-state index in [9.17, 15) is 14.4 Å². The Bertz CT molecular complexity index is 1320. The van der Waals surface area contributed by atoms with E-state index in [4.69, 9.17) is 4.74 Å². The zero-order valence-corrected chi connectivity index (χ0v) is 26.9. The molecule has 3 saturated carbocycles. The first-order chi connectivity index (χ1) is 19.6. The summed E-state index contributed by atoms with van der Waals surface area (Å²) in [5, 5.41) is 3.19. The Balaban J connectivity index is 1.54. The maximum Gasteiger partial charge on any atom is 0.305 e. The average molecular weight is 574 g/mol. The molecule has 5 heteroatoms. The molecule has 1 amide bonds. The van der Waals surface area contributed by atoms with Crippen LogP contribution in [0.1, 0.15) is 99.3 Å². The van der Waals surface area contributed by atoms with Gasteiger partial charge in [0, 0.05) is 23.4 Å². The lowest BCUT2D eigenvalue weighted by Crippen LogP contribution is -2.63. The number of allylic oxidation sites excluding steroid dienone is 3. The van der Waals surface area contributed by atoms with Gasteiger partial charge in [-0.1, -0.05) is 70.5 Å². The number of nitrogens with one attached hydrogen (secondary N) is 1. The number of benzene rings is 1. The van der Waals surface area contributed by atoms with Gasteiger partial charge in [0.05, 0.1) is 7.11 Å². The average Bonchev–Trinajstić information content (AvgIpc) is 2.94. The van der Waals surface area contributed by atoms with Gasteiger partial charge in [-0.15, -0.1) is 0 Å². The predicted octanol–water partition coefficient (Wildman–Crippen LogP) is 8.32. The summed E-state index contributed by atoms with van der Waals surface area (Å²) in [5.41, 5.74) is 1.99. The Labute approximate surface area is 252 Å². The van der Waals surface area contributed by atoms with Crippen LogP contribution >= 0.6 is 0 Å². The van der Waals surface area contributed by atoms with Gasteiger partial charge in [-0.2, -0.15) is 0 Å². The van der Waals surface area contributed by atoms with Crippen molar-refractivity contribution in [2.45, 2.75) is 99.3 Å². The van der Waals surface area contributed by atoms with Crippen molar-refractivity contribution >= 4 is 23.3 Å². The van der Waals surface area contributed by atoms with Crippen LogP contribution < -0.4 is 5.32 Å². The van der Waals surface area contributed by atoms with Crippen LogP contribution in [0.3, 0.4) is 0 Å². The van der Waals surface area contributed by atoms with Gasteiger partial charge in [-0.05, 0) is 110 Å². The van der Waals surface area contributed by atoms with Crippen molar-refractivity contribution in [2.24, 2.45) is 44.8 Å². The minimum absolute atomic E-state index is 0.0739.